The summed E-state index contributed by atoms with van der Waals surface area (Å²) in [6.07, 6.45) is 2.64. The zero-order valence-corrected chi connectivity index (χ0v) is 10.1. The molecule has 76 valence electrons. The van der Waals surface area contributed by atoms with Crippen LogP contribution in [0.25, 0.3) is 0 Å². The van der Waals surface area contributed by atoms with Crippen molar-refractivity contribution in [2.75, 3.05) is 39.5 Å². The van der Waals surface area contributed by atoms with E-state index in [9.17, 15) is 0 Å². The Balaban J connectivity index is 2.10. The van der Waals surface area contributed by atoms with Gasteiger partial charge in [0.15, 0.2) is 0 Å². The molecule has 2 nitrogen and oxygen atoms in total. The highest BCUT2D eigenvalue weighted by molar-refractivity contribution is 8.22. The third kappa shape index (κ3) is 4.29. The lowest BCUT2D eigenvalue weighted by Crippen LogP contribution is -3.06. The SMILES string of the molecule is C[NH+](C)CCSC(=S)N1CCCC1. The second kappa shape index (κ2) is 5.83. The largest absolute Gasteiger partial charge is 0.358 e. The first kappa shape index (κ1) is 11.3. The van der Waals surface area contributed by atoms with Gasteiger partial charge in [-0.05, 0) is 12.8 Å². The molecule has 1 saturated heterocycles. The fraction of sp³-hybridized carbons (Fsp3) is 0.889. The number of nitrogens with zero attached hydrogens (tertiary/aromatic N) is 1. The number of likely N-dealkylation sites (tertiary alicyclic amines) is 1. The molecule has 0 atom stereocenters. The summed E-state index contributed by atoms with van der Waals surface area (Å²) >= 11 is 7.18. The van der Waals surface area contributed by atoms with Crippen LogP contribution < -0.4 is 4.90 Å². The number of thiocarbonyl (C=S) groups is 1. The van der Waals surface area contributed by atoms with E-state index in [1.165, 1.54) is 37.4 Å². The van der Waals surface area contributed by atoms with Crippen molar-refractivity contribution in [1.82, 2.24) is 4.90 Å². The van der Waals surface area contributed by atoms with E-state index in [1.807, 2.05) is 11.8 Å². The average Bonchev–Trinajstić information content (AvgIpc) is 2.55. The lowest BCUT2D eigenvalue weighted by molar-refractivity contribution is -0.855. The molecule has 1 rings (SSSR count). The Labute approximate surface area is 90.7 Å². The Hall–Kier alpha value is 0.200. The predicted molar refractivity (Wildman–Crippen MR) is 63.5 cm³/mol. The van der Waals surface area contributed by atoms with E-state index in [2.05, 4.69) is 19.0 Å². The highest BCUT2D eigenvalue weighted by Gasteiger charge is 2.14. The molecule has 0 saturated carbocycles. The van der Waals surface area contributed by atoms with Crippen molar-refractivity contribution in [2.24, 2.45) is 0 Å². The van der Waals surface area contributed by atoms with Crippen LogP contribution >= 0.6 is 24.0 Å². The molecule has 0 amide bonds. The number of hydrogen-bond acceptors (Lipinski definition) is 2. The third-order valence-corrected chi connectivity index (χ3v) is 3.72. The predicted octanol–water partition coefficient (Wildman–Crippen LogP) is 0.245. The molecule has 1 heterocycles. The summed E-state index contributed by atoms with van der Waals surface area (Å²) in [6.45, 7) is 3.56. The molecule has 1 aliphatic rings. The van der Waals surface area contributed by atoms with Crippen molar-refractivity contribution in [1.29, 1.82) is 0 Å². The highest BCUT2D eigenvalue weighted by Crippen LogP contribution is 2.15. The monoisotopic (exact) mass is 219 g/mol. The molecule has 0 aliphatic carbocycles. The molecule has 1 fully saturated rings. The number of quaternary nitrogens is 1. The Morgan fingerprint density at radius 2 is 2.00 bits per heavy atom. The Morgan fingerprint density at radius 1 is 1.38 bits per heavy atom. The number of hydrogen-bond donors (Lipinski definition) is 1. The Kier molecular flexibility index (Phi) is 5.06. The van der Waals surface area contributed by atoms with Gasteiger partial charge in [0.05, 0.1) is 20.6 Å². The lowest BCUT2D eigenvalue weighted by Gasteiger charge is -2.17. The second-order valence-corrected chi connectivity index (χ2v) is 5.49. The number of thioether (sulfide) groups is 1. The maximum absolute atomic E-state index is 5.35. The van der Waals surface area contributed by atoms with Crippen LogP contribution in [-0.4, -0.2) is 48.7 Å². The van der Waals surface area contributed by atoms with E-state index in [1.54, 1.807) is 0 Å². The van der Waals surface area contributed by atoms with Crippen LogP contribution in [-0.2, 0) is 0 Å². The molecule has 0 aromatic heterocycles. The minimum Gasteiger partial charge on any atom is -0.358 e. The van der Waals surface area contributed by atoms with Gasteiger partial charge in [-0.1, -0.05) is 24.0 Å². The first-order valence-corrected chi connectivity index (χ1v) is 6.30. The van der Waals surface area contributed by atoms with Crippen molar-refractivity contribution in [2.45, 2.75) is 12.8 Å². The van der Waals surface area contributed by atoms with Crippen molar-refractivity contribution < 1.29 is 4.90 Å². The molecule has 13 heavy (non-hydrogen) atoms. The summed E-state index contributed by atoms with van der Waals surface area (Å²) in [5.41, 5.74) is 0. The van der Waals surface area contributed by atoms with Gasteiger partial charge in [-0.2, -0.15) is 0 Å². The Morgan fingerprint density at radius 3 is 2.54 bits per heavy atom. The minimum absolute atomic E-state index is 1.11. The summed E-state index contributed by atoms with van der Waals surface area (Å²) in [6, 6.07) is 0. The first-order valence-electron chi connectivity index (χ1n) is 4.91. The van der Waals surface area contributed by atoms with Gasteiger partial charge in [0.2, 0.25) is 0 Å². The molecule has 0 spiro atoms. The highest BCUT2D eigenvalue weighted by atomic mass is 32.2. The van der Waals surface area contributed by atoms with Crippen LogP contribution in [0.1, 0.15) is 12.8 Å². The molecule has 1 aliphatic heterocycles. The topological polar surface area (TPSA) is 7.68 Å². The smallest absolute Gasteiger partial charge is 0.136 e. The molecule has 0 radical (unpaired) electrons. The van der Waals surface area contributed by atoms with Crippen LogP contribution in [0.4, 0.5) is 0 Å². The summed E-state index contributed by atoms with van der Waals surface area (Å²) < 4.78 is 1.11. The molecule has 0 aromatic carbocycles. The van der Waals surface area contributed by atoms with Crippen LogP contribution in [0.3, 0.4) is 0 Å². The fourth-order valence-electron chi connectivity index (χ4n) is 1.33. The van der Waals surface area contributed by atoms with Gasteiger partial charge in [-0.25, -0.2) is 0 Å². The maximum atomic E-state index is 5.35. The number of nitrogens with one attached hydrogen (secondary N) is 1. The molecule has 1 N–H and O–H groups in total. The standard InChI is InChI=1S/C9H18N2S2/c1-10(2)7-8-13-9(12)11-5-3-4-6-11/h3-8H2,1-2H3/p+1. The summed E-state index contributed by atoms with van der Waals surface area (Å²) in [4.78, 5) is 3.84. The van der Waals surface area contributed by atoms with Gasteiger partial charge >= 0.3 is 0 Å². The number of rotatable bonds is 3. The van der Waals surface area contributed by atoms with Crippen molar-refractivity contribution in [3.63, 3.8) is 0 Å². The van der Waals surface area contributed by atoms with Gasteiger partial charge in [0, 0.05) is 18.8 Å². The minimum atomic E-state index is 1.11. The first-order chi connectivity index (χ1) is 6.20. The molecule has 4 heteroatoms. The van der Waals surface area contributed by atoms with Gasteiger partial charge in [0.25, 0.3) is 0 Å². The Bertz CT molecular complexity index is 165. The third-order valence-electron chi connectivity index (χ3n) is 2.19. The van der Waals surface area contributed by atoms with Crippen LogP contribution in [0.2, 0.25) is 0 Å². The van der Waals surface area contributed by atoms with E-state index in [-0.39, 0.29) is 0 Å². The molecule has 0 unspecified atom stereocenters. The molecule has 0 bridgehead atoms. The van der Waals surface area contributed by atoms with Crippen LogP contribution in [0, 0.1) is 0 Å². The average molecular weight is 219 g/mol. The van der Waals surface area contributed by atoms with Crippen molar-refractivity contribution >= 4 is 28.3 Å². The van der Waals surface area contributed by atoms with Gasteiger partial charge in [-0.15, -0.1) is 0 Å². The van der Waals surface area contributed by atoms with Gasteiger partial charge < -0.3 is 9.80 Å². The van der Waals surface area contributed by atoms with Gasteiger partial charge in [-0.3, -0.25) is 0 Å². The zero-order chi connectivity index (χ0) is 9.68. The van der Waals surface area contributed by atoms with Crippen LogP contribution in [0.15, 0.2) is 0 Å². The molecule has 0 aromatic rings. The normalized spacial score (nSPS) is 17.0. The van der Waals surface area contributed by atoms with Crippen LogP contribution in [0.5, 0.6) is 0 Å². The summed E-state index contributed by atoms with van der Waals surface area (Å²) in [5.74, 6) is 1.15. The lowest BCUT2D eigenvalue weighted by atomic mass is 10.4. The van der Waals surface area contributed by atoms with E-state index in [0.29, 0.717) is 0 Å². The maximum Gasteiger partial charge on any atom is 0.136 e. The van der Waals surface area contributed by atoms with E-state index < -0.39 is 0 Å². The molecular formula is C9H19N2S2+. The van der Waals surface area contributed by atoms with Gasteiger partial charge in [0.1, 0.15) is 4.32 Å². The summed E-state index contributed by atoms with van der Waals surface area (Å²) in [5, 5.41) is 0. The second-order valence-electron chi connectivity index (χ2n) is 3.77. The van der Waals surface area contributed by atoms with E-state index >= 15 is 0 Å². The fourth-order valence-corrected chi connectivity index (χ4v) is 2.82. The van der Waals surface area contributed by atoms with E-state index in [4.69, 9.17) is 12.2 Å². The van der Waals surface area contributed by atoms with Crippen molar-refractivity contribution in [3.8, 4) is 0 Å². The zero-order valence-electron chi connectivity index (χ0n) is 8.51. The quantitative estimate of drug-likeness (QED) is 0.681. The molecular weight excluding hydrogens is 200 g/mol. The summed E-state index contributed by atoms with van der Waals surface area (Å²) in [7, 11) is 4.36. The van der Waals surface area contributed by atoms with Crippen molar-refractivity contribution in [3.05, 3.63) is 0 Å². The van der Waals surface area contributed by atoms with E-state index in [0.717, 1.165) is 10.1 Å².